The van der Waals surface area contributed by atoms with Gasteiger partial charge in [0.05, 0.1) is 0 Å². The molecule has 1 aromatic carbocycles. The quantitative estimate of drug-likeness (QED) is 0.308. The molecular weight excluding hydrogens is 198 g/mol. The van der Waals surface area contributed by atoms with Crippen molar-refractivity contribution in [2.24, 2.45) is 0 Å². The Bertz CT molecular complexity index is 402. The van der Waals surface area contributed by atoms with E-state index in [0.29, 0.717) is 0 Å². The fraction of sp³-hybridized carbons (Fsp3) is 0.500. The Kier molecular flexibility index (Phi) is 3.41. The van der Waals surface area contributed by atoms with Gasteiger partial charge in [-0.25, -0.2) is 4.74 Å². The van der Waals surface area contributed by atoms with E-state index >= 15 is 0 Å². The maximum absolute atomic E-state index is 11.9. The molecule has 0 radical (unpaired) electrons. The molecule has 0 spiro atoms. The number of hydrogen-bond acceptors (Lipinski definition) is 1. The lowest BCUT2D eigenvalue weighted by atomic mass is 10.0. The molecule has 0 unspecified atom stereocenters. The van der Waals surface area contributed by atoms with Crippen molar-refractivity contribution in [1.82, 2.24) is 0 Å². The summed E-state index contributed by atoms with van der Waals surface area (Å²) in [6.45, 7) is 11.9. The minimum atomic E-state index is -0.385. The minimum Gasteiger partial charge on any atom is -0.623 e. The van der Waals surface area contributed by atoms with Crippen LogP contribution in [0.2, 0.25) is 0 Å². The summed E-state index contributed by atoms with van der Waals surface area (Å²) < 4.78 is 1.03. The van der Waals surface area contributed by atoms with Crippen LogP contribution in [0.4, 0.5) is 0 Å². The van der Waals surface area contributed by atoms with Crippen LogP contribution in [-0.2, 0) is 0 Å². The second-order valence-corrected chi connectivity index (χ2v) is 5.44. The minimum absolute atomic E-state index is 0.385. The molecule has 0 saturated carbocycles. The van der Waals surface area contributed by atoms with Crippen molar-refractivity contribution < 1.29 is 4.74 Å². The molecule has 2 nitrogen and oxygen atoms in total. The molecule has 0 N–H and O–H groups in total. The van der Waals surface area contributed by atoms with Crippen LogP contribution in [0, 0.1) is 26.0 Å². The van der Waals surface area contributed by atoms with E-state index < -0.39 is 0 Å². The third-order valence-electron chi connectivity index (χ3n) is 2.65. The summed E-state index contributed by atoms with van der Waals surface area (Å²) in [5.41, 5.74) is 4.20. The van der Waals surface area contributed by atoms with Crippen molar-refractivity contribution in [2.45, 2.75) is 47.1 Å². The summed E-state index contributed by atoms with van der Waals surface area (Å²) in [6.07, 6.45) is 1.70. The van der Waals surface area contributed by atoms with E-state index in [1.807, 2.05) is 34.6 Å². The van der Waals surface area contributed by atoms with Gasteiger partial charge in [0.15, 0.2) is 11.8 Å². The first-order valence-corrected chi connectivity index (χ1v) is 5.61. The standard InChI is InChI=1S/C14H21NO/c1-10-7-11(2)13(12(3)8-10)9-15(16)14(4,5)6/h7-9H,1-6H3. The lowest BCUT2D eigenvalue weighted by Gasteiger charge is -2.19. The zero-order valence-corrected chi connectivity index (χ0v) is 11.1. The van der Waals surface area contributed by atoms with Gasteiger partial charge in [-0.1, -0.05) is 17.7 Å². The van der Waals surface area contributed by atoms with Crippen LogP contribution in [0.15, 0.2) is 12.1 Å². The lowest BCUT2D eigenvalue weighted by Crippen LogP contribution is -2.29. The summed E-state index contributed by atoms with van der Waals surface area (Å²) in [5.74, 6) is 0. The number of aryl methyl sites for hydroxylation is 3. The number of rotatable bonds is 1. The Morgan fingerprint density at radius 1 is 1.06 bits per heavy atom. The molecule has 1 rings (SSSR count). The Balaban J connectivity index is 3.26. The van der Waals surface area contributed by atoms with Crippen molar-refractivity contribution in [3.05, 3.63) is 39.6 Å². The molecule has 0 aliphatic heterocycles. The first kappa shape index (κ1) is 12.8. The molecule has 0 amide bonds. The zero-order valence-electron chi connectivity index (χ0n) is 11.1. The second kappa shape index (κ2) is 4.28. The molecule has 0 aliphatic rings. The molecule has 0 aliphatic carbocycles. The summed E-state index contributed by atoms with van der Waals surface area (Å²) in [6, 6.07) is 4.21. The van der Waals surface area contributed by atoms with E-state index in [1.165, 1.54) is 5.56 Å². The normalized spacial score (nSPS) is 13.0. The molecule has 1 aromatic rings. The van der Waals surface area contributed by atoms with Crippen molar-refractivity contribution in [1.29, 1.82) is 0 Å². The average molecular weight is 219 g/mol. The van der Waals surface area contributed by atoms with Gasteiger partial charge in [-0.2, -0.15) is 0 Å². The van der Waals surface area contributed by atoms with Crippen LogP contribution in [-0.4, -0.2) is 16.5 Å². The molecule has 0 saturated heterocycles. The fourth-order valence-corrected chi connectivity index (χ4v) is 1.71. The van der Waals surface area contributed by atoms with Crippen LogP contribution in [0.5, 0.6) is 0 Å². The molecule has 16 heavy (non-hydrogen) atoms. The summed E-state index contributed by atoms with van der Waals surface area (Å²) in [7, 11) is 0. The number of nitrogens with zero attached hydrogens (tertiary/aromatic N) is 1. The van der Waals surface area contributed by atoms with Crippen molar-refractivity contribution >= 4 is 6.21 Å². The zero-order chi connectivity index (χ0) is 12.5. The van der Waals surface area contributed by atoms with Crippen LogP contribution in [0.1, 0.15) is 43.0 Å². The van der Waals surface area contributed by atoms with E-state index in [0.717, 1.165) is 21.4 Å². The molecule has 0 heterocycles. The van der Waals surface area contributed by atoms with Gasteiger partial charge in [-0.05, 0) is 31.9 Å². The highest BCUT2D eigenvalue weighted by atomic mass is 16.5. The average Bonchev–Trinajstić information content (AvgIpc) is 2.08. The van der Waals surface area contributed by atoms with Crippen molar-refractivity contribution in [3.8, 4) is 0 Å². The van der Waals surface area contributed by atoms with Crippen LogP contribution < -0.4 is 0 Å². The van der Waals surface area contributed by atoms with E-state index in [2.05, 4.69) is 19.1 Å². The Morgan fingerprint density at radius 3 is 1.88 bits per heavy atom. The van der Waals surface area contributed by atoms with Gasteiger partial charge in [0, 0.05) is 26.3 Å². The molecule has 0 aromatic heterocycles. The maximum Gasteiger partial charge on any atom is 0.182 e. The van der Waals surface area contributed by atoms with Gasteiger partial charge in [-0.15, -0.1) is 0 Å². The fourth-order valence-electron chi connectivity index (χ4n) is 1.71. The van der Waals surface area contributed by atoms with Crippen LogP contribution in [0.25, 0.3) is 0 Å². The predicted molar refractivity (Wildman–Crippen MR) is 69.2 cm³/mol. The summed E-state index contributed by atoms with van der Waals surface area (Å²) >= 11 is 0. The number of hydrogen-bond donors (Lipinski definition) is 0. The maximum atomic E-state index is 11.9. The third kappa shape index (κ3) is 2.84. The highest BCUT2D eigenvalue weighted by molar-refractivity contribution is 5.80. The SMILES string of the molecule is Cc1cc(C)c(C=[N+]([O-])C(C)(C)C)c(C)c1. The van der Waals surface area contributed by atoms with Crippen LogP contribution in [0.3, 0.4) is 0 Å². The highest BCUT2D eigenvalue weighted by Gasteiger charge is 2.18. The molecule has 2 heteroatoms. The van der Waals surface area contributed by atoms with E-state index in [9.17, 15) is 5.21 Å². The predicted octanol–water partition coefficient (Wildman–Crippen LogP) is 3.34. The summed E-state index contributed by atoms with van der Waals surface area (Å²) in [5, 5.41) is 11.9. The highest BCUT2D eigenvalue weighted by Crippen LogP contribution is 2.15. The van der Waals surface area contributed by atoms with Gasteiger partial charge in [0.25, 0.3) is 0 Å². The van der Waals surface area contributed by atoms with Crippen molar-refractivity contribution in [2.75, 3.05) is 0 Å². The summed E-state index contributed by atoms with van der Waals surface area (Å²) in [4.78, 5) is 0. The molecule has 0 bridgehead atoms. The Morgan fingerprint density at radius 2 is 1.50 bits per heavy atom. The molecule has 88 valence electrons. The second-order valence-electron chi connectivity index (χ2n) is 5.44. The van der Waals surface area contributed by atoms with E-state index in [-0.39, 0.29) is 5.54 Å². The van der Waals surface area contributed by atoms with Crippen LogP contribution >= 0.6 is 0 Å². The first-order chi connectivity index (χ1) is 7.21. The number of benzene rings is 1. The smallest absolute Gasteiger partial charge is 0.182 e. The first-order valence-electron chi connectivity index (χ1n) is 5.61. The van der Waals surface area contributed by atoms with Gasteiger partial charge in [0.1, 0.15) is 0 Å². The molecular formula is C14H21NO. The van der Waals surface area contributed by atoms with Gasteiger partial charge >= 0.3 is 0 Å². The largest absolute Gasteiger partial charge is 0.623 e. The molecule has 0 atom stereocenters. The van der Waals surface area contributed by atoms with Gasteiger partial charge in [0.2, 0.25) is 0 Å². The Hall–Kier alpha value is -1.31. The molecule has 0 fully saturated rings. The van der Waals surface area contributed by atoms with Gasteiger partial charge < -0.3 is 5.21 Å². The lowest BCUT2D eigenvalue weighted by molar-refractivity contribution is -0.530. The Labute approximate surface area is 98.2 Å². The van der Waals surface area contributed by atoms with E-state index in [4.69, 9.17) is 0 Å². The third-order valence-corrected chi connectivity index (χ3v) is 2.65. The van der Waals surface area contributed by atoms with Gasteiger partial charge in [-0.3, -0.25) is 0 Å². The number of hydroxylamine groups is 1. The van der Waals surface area contributed by atoms with Crippen molar-refractivity contribution in [3.63, 3.8) is 0 Å². The van der Waals surface area contributed by atoms with E-state index in [1.54, 1.807) is 6.21 Å². The monoisotopic (exact) mass is 219 g/mol. The topological polar surface area (TPSA) is 26.1 Å².